The largest absolute Gasteiger partial charge is 0.451 e. The third-order valence-electron chi connectivity index (χ3n) is 4.73. The van der Waals surface area contributed by atoms with E-state index >= 15 is 0 Å². The molecule has 2 unspecified atom stereocenters. The van der Waals surface area contributed by atoms with Crippen LogP contribution in [0.3, 0.4) is 0 Å². The molecule has 2 bridgehead atoms. The molecular weight excluding hydrogens is 367 g/mol. The Morgan fingerprint density at radius 2 is 2.04 bits per heavy atom. The van der Waals surface area contributed by atoms with Gasteiger partial charge in [0.25, 0.3) is 11.1 Å². The molecule has 2 aliphatic rings. The van der Waals surface area contributed by atoms with Gasteiger partial charge in [0.2, 0.25) is 5.76 Å². The van der Waals surface area contributed by atoms with E-state index in [2.05, 4.69) is 19.6 Å². The number of rotatable bonds is 4. The standard InChI is InChI=1S/C17H16F3N3O2S/c18-17(19,20)14-7-21-16(25-14)26-12-3-1-10(2-4-12)15(24)22-13-9-23-6-5-11(13)8-23/h1-4,7,11,13H,5-6,8-9H2,(H,22,24)/t11-,13?/m0/s1. The van der Waals surface area contributed by atoms with Crippen molar-refractivity contribution in [1.82, 2.24) is 15.2 Å². The Kier molecular flexibility index (Phi) is 4.44. The maximum absolute atomic E-state index is 12.5. The summed E-state index contributed by atoms with van der Waals surface area (Å²) in [6.07, 6.45) is -2.77. The highest BCUT2D eigenvalue weighted by molar-refractivity contribution is 7.99. The lowest BCUT2D eigenvalue weighted by Gasteiger charge is -2.23. The van der Waals surface area contributed by atoms with Crippen molar-refractivity contribution in [2.75, 3.05) is 19.6 Å². The Labute approximate surface area is 152 Å². The van der Waals surface area contributed by atoms with Gasteiger partial charge in [-0.3, -0.25) is 4.79 Å². The van der Waals surface area contributed by atoms with Crippen molar-refractivity contribution < 1.29 is 22.4 Å². The number of carbonyl (C=O) groups is 1. The summed E-state index contributed by atoms with van der Waals surface area (Å²) in [6.45, 7) is 3.06. The molecule has 2 fully saturated rings. The van der Waals surface area contributed by atoms with Crippen molar-refractivity contribution in [3.8, 4) is 0 Å². The first-order valence-electron chi connectivity index (χ1n) is 8.22. The number of hydrogen-bond donors (Lipinski definition) is 1. The second-order valence-electron chi connectivity index (χ2n) is 6.50. The average Bonchev–Trinajstić information content (AvgIpc) is 3.31. The summed E-state index contributed by atoms with van der Waals surface area (Å²) in [5.41, 5.74) is 0.524. The highest BCUT2D eigenvalue weighted by Gasteiger charge is 2.38. The molecule has 1 aromatic heterocycles. The van der Waals surface area contributed by atoms with Crippen LogP contribution in [0.4, 0.5) is 13.2 Å². The van der Waals surface area contributed by atoms with Gasteiger partial charge in [0.1, 0.15) is 0 Å². The molecule has 0 aliphatic carbocycles. The smallest absolute Gasteiger partial charge is 0.427 e. The lowest BCUT2D eigenvalue weighted by atomic mass is 9.99. The van der Waals surface area contributed by atoms with Gasteiger partial charge < -0.3 is 14.6 Å². The SMILES string of the molecule is O=C(NC1CN2CC[C@H]1C2)c1ccc(Sc2ncc(C(F)(F)F)o2)cc1. The summed E-state index contributed by atoms with van der Waals surface area (Å²) in [4.78, 5) is 19.0. The van der Waals surface area contributed by atoms with Crippen LogP contribution in [-0.4, -0.2) is 41.5 Å². The number of piperidine rings is 1. The van der Waals surface area contributed by atoms with Crippen molar-refractivity contribution in [3.63, 3.8) is 0 Å². The van der Waals surface area contributed by atoms with Crippen LogP contribution in [0.2, 0.25) is 0 Å². The number of nitrogens with one attached hydrogen (secondary N) is 1. The monoisotopic (exact) mass is 383 g/mol. The Morgan fingerprint density at radius 1 is 1.27 bits per heavy atom. The molecule has 5 nitrogen and oxygen atoms in total. The normalized spacial score (nSPS) is 24.8. The Balaban J connectivity index is 1.37. The average molecular weight is 383 g/mol. The summed E-state index contributed by atoms with van der Waals surface area (Å²) in [5, 5.41) is 2.98. The van der Waals surface area contributed by atoms with Gasteiger partial charge in [-0.2, -0.15) is 13.2 Å². The van der Waals surface area contributed by atoms with Crippen molar-refractivity contribution in [1.29, 1.82) is 0 Å². The fourth-order valence-corrected chi connectivity index (χ4v) is 4.12. The summed E-state index contributed by atoms with van der Waals surface area (Å²) in [5.74, 6) is -0.727. The van der Waals surface area contributed by atoms with Gasteiger partial charge in [-0.05, 0) is 54.9 Å². The zero-order valence-corrected chi connectivity index (χ0v) is 14.4. The van der Waals surface area contributed by atoms with Crippen molar-refractivity contribution in [2.24, 2.45) is 5.92 Å². The molecule has 2 aliphatic heterocycles. The number of amides is 1. The second kappa shape index (κ2) is 6.62. The van der Waals surface area contributed by atoms with Crippen LogP contribution in [0.25, 0.3) is 0 Å². The Morgan fingerprint density at radius 3 is 2.62 bits per heavy atom. The van der Waals surface area contributed by atoms with E-state index in [4.69, 9.17) is 0 Å². The zero-order chi connectivity index (χ0) is 18.3. The van der Waals surface area contributed by atoms with Crippen molar-refractivity contribution in [3.05, 3.63) is 41.8 Å². The molecule has 26 heavy (non-hydrogen) atoms. The quantitative estimate of drug-likeness (QED) is 0.878. The molecule has 0 spiro atoms. The third kappa shape index (κ3) is 3.59. The molecular formula is C17H16F3N3O2S. The number of benzene rings is 1. The maximum atomic E-state index is 12.5. The first-order chi connectivity index (χ1) is 12.4. The molecule has 3 atom stereocenters. The van der Waals surface area contributed by atoms with Gasteiger partial charge in [0, 0.05) is 29.6 Å². The summed E-state index contributed by atoms with van der Waals surface area (Å²) < 4.78 is 42.2. The number of aromatic nitrogens is 1. The topological polar surface area (TPSA) is 58.4 Å². The van der Waals surface area contributed by atoms with E-state index in [9.17, 15) is 18.0 Å². The summed E-state index contributed by atoms with van der Waals surface area (Å²) >= 11 is 0.972. The number of alkyl halides is 3. The van der Waals surface area contributed by atoms with Gasteiger partial charge in [0.05, 0.1) is 6.20 Å². The Hall–Kier alpha value is -2.00. The second-order valence-corrected chi connectivity index (χ2v) is 7.53. The van der Waals surface area contributed by atoms with Crippen molar-refractivity contribution in [2.45, 2.75) is 28.8 Å². The molecule has 0 saturated carbocycles. The number of carbonyl (C=O) groups excluding carboxylic acids is 1. The lowest BCUT2D eigenvalue weighted by molar-refractivity contribution is -0.154. The summed E-state index contributed by atoms with van der Waals surface area (Å²) in [6, 6.07) is 6.83. The first kappa shape index (κ1) is 17.4. The number of nitrogens with zero attached hydrogens (tertiary/aromatic N) is 2. The number of hydrogen-bond acceptors (Lipinski definition) is 5. The number of oxazole rings is 1. The van der Waals surface area contributed by atoms with Gasteiger partial charge in [-0.1, -0.05) is 0 Å². The first-order valence-corrected chi connectivity index (χ1v) is 9.04. The van der Waals surface area contributed by atoms with E-state index in [-0.39, 0.29) is 17.2 Å². The molecule has 1 amide bonds. The lowest BCUT2D eigenvalue weighted by Crippen LogP contribution is -2.43. The molecule has 4 rings (SSSR count). The molecule has 0 radical (unpaired) electrons. The molecule has 2 saturated heterocycles. The minimum atomic E-state index is -4.55. The van der Waals surface area contributed by atoms with Crippen LogP contribution < -0.4 is 5.32 Å². The molecule has 1 aromatic carbocycles. The fourth-order valence-electron chi connectivity index (χ4n) is 3.41. The van der Waals surface area contributed by atoms with E-state index < -0.39 is 11.9 Å². The van der Waals surface area contributed by atoms with E-state index in [1.165, 1.54) is 0 Å². The minimum absolute atomic E-state index is 0.0921. The summed E-state index contributed by atoms with van der Waals surface area (Å²) in [7, 11) is 0. The van der Waals surface area contributed by atoms with Crippen molar-refractivity contribution >= 4 is 17.7 Å². The minimum Gasteiger partial charge on any atom is -0.427 e. The van der Waals surface area contributed by atoms with Gasteiger partial charge in [-0.15, -0.1) is 0 Å². The number of halogens is 3. The van der Waals surface area contributed by atoms with E-state index in [0.717, 1.165) is 37.8 Å². The van der Waals surface area contributed by atoms with E-state index in [1.807, 2.05) is 0 Å². The molecule has 138 valence electrons. The Bertz CT molecular complexity index is 806. The van der Waals surface area contributed by atoms with Crippen LogP contribution in [0.1, 0.15) is 22.5 Å². The molecule has 9 heteroatoms. The van der Waals surface area contributed by atoms with Gasteiger partial charge in [0.15, 0.2) is 0 Å². The van der Waals surface area contributed by atoms with Crippen LogP contribution in [0.15, 0.2) is 45.0 Å². The van der Waals surface area contributed by atoms with E-state index in [0.29, 0.717) is 22.6 Å². The molecule has 3 heterocycles. The molecule has 2 aromatic rings. The fraction of sp³-hybridized carbons (Fsp3) is 0.412. The van der Waals surface area contributed by atoms with Crippen LogP contribution in [-0.2, 0) is 6.18 Å². The third-order valence-corrected chi connectivity index (χ3v) is 5.61. The van der Waals surface area contributed by atoms with Crippen LogP contribution in [0, 0.1) is 5.92 Å². The predicted octanol–water partition coefficient (Wildman–Crippen LogP) is 3.28. The maximum Gasteiger partial charge on any atom is 0.451 e. The predicted molar refractivity (Wildman–Crippen MR) is 87.9 cm³/mol. The highest BCUT2D eigenvalue weighted by atomic mass is 32.2. The van der Waals surface area contributed by atoms with Gasteiger partial charge in [-0.25, -0.2) is 4.98 Å². The number of fused-ring (bicyclic) bond motifs is 2. The molecule has 1 N–H and O–H groups in total. The zero-order valence-electron chi connectivity index (χ0n) is 13.6. The van der Waals surface area contributed by atoms with Crippen LogP contribution in [0.5, 0.6) is 0 Å². The highest BCUT2D eigenvalue weighted by Crippen LogP contribution is 2.34. The van der Waals surface area contributed by atoms with E-state index in [1.54, 1.807) is 24.3 Å². The van der Waals surface area contributed by atoms with Gasteiger partial charge >= 0.3 is 6.18 Å². The van der Waals surface area contributed by atoms with Crippen LogP contribution >= 0.6 is 11.8 Å².